The second-order valence-corrected chi connectivity index (χ2v) is 6.25. The van der Waals surface area contributed by atoms with Crippen molar-refractivity contribution in [2.75, 3.05) is 18.0 Å². The number of carbonyl (C=O) groups excluding carboxylic acids is 2. The topological polar surface area (TPSA) is 79.0 Å². The lowest BCUT2D eigenvalue weighted by molar-refractivity contribution is 0.0838. The Morgan fingerprint density at radius 1 is 1.12 bits per heavy atom. The van der Waals surface area contributed by atoms with E-state index in [1.165, 1.54) is 30.0 Å². The molecule has 6 nitrogen and oxygen atoms in total. The molecule has 1 aliphatic rings. The number of imidazole rings is 1. The van der Waals surface area contributed by atoms with Gasteiger partial charge < -0.3 is 9.47 Å². The molecule has 128 valence electrons. The average Bonchev–Trinajstić information content (AvgIpc) is 3.09. The molecule has 0 unspecified atom stereocenters. The molecule has 0 saturated carbocycles. The Bertz CT molecular complexity index is 811. The second kappa shape index (κ2) is 7.31. The summed E-state index contributed by atoms with van der Waals surface area (Å²) in [5.41, 5.74) is 1.44. The van der Waals surface area contributed by atoms with Crippen LogP contribution in [0.2, 0.25) is 0 Å². The Balaban J connectivity index is 1.78. The van der Waals surface area contributed by atoms with Crippen LogP contribution in [0.1, 0.15) is 40.2 Å². The van der Waals surface area contributed by atoms with Crippen molar-refractivity contribution in [3.8, 4) is 6.07 Å². The van der Waals surface area contributed by atoms with Gasteiger partial charge in [0.15, 0.2) is 17.5 Å². The number of Topliss-reactive ketones (excluding diaryl/α,β-unsaturated/α-hetero) is 2. The summed E-state index contributed by atoms with van der Waals surface area (Å²) in [5.74, 6) is -2.31. The van der Waals surface area contributed by atoms with Crippen molar-refractivity contribution < 1.29 is 9.59 Å². The zero-order valence-electron chi connectivity index (χ0n) is 14.2. The van der Waals surface area contributed by atoms with Gasteiger partial charge in [0.1, 0.15) is 0 Å². The van der Waals surface area contributed by atoms with Crippen LogP contribution in [0.3, 0.4) is 0 Å². The molecule has 6 heteroatoms. The first-order valence-electron chi connectivity index (χ1n) is 8.42. The van der Waals surface area contributed by atoms with Gasteiger partial charge in [-0.25, -0.2) is 4.98 Å². The lowest BCUT2D eigenvalue weighted by atomic mass is 9.94. The van der Waals surface area contributed by atoms with E-state index in [-0.39, 0.29) is 5.82 Å². The highest BCUT2D eigenvalue weighted by Crippen LogP contribution is 2.22. The predicted octanol–water partition coefficient (Wildman–Crippen LogP) is 2.62. The smallest absolute Gasteiger partial charge is 0.223 e. The van der Waals surface area contributed by atoms with E-state index in [9.17, 15) is 14.9 Å². The van der Waals surface area contributed by atoms with Crippen LogP contribution in [0.4, 0.5) is 5.69 Å². The SMILES string of the molecule is Cn1ccnc1C(=O)[C@@H](C#N)C(=O)c1ccc(N2CCCCC2)cc1. The molecule has 1 aromatic heterocycles. The predicted molar refractivity (Wildman–Crippen MR) is 93.5 cm³/mol. The van der Waals surface area contributed by atoms with Gasteiger partial charge in [0, 0.05) is 43.8 Å². The molecule has 0 aliphatic carbocycles. The lowest BCUT2D eigenvalue weighted by Crippen LogP contribution is -2.29. The molecule has 1 aromatic carbocycles. The van der Waals surface area contributed by atoms with Crippen LogP contribution in [0.25, 0.3) is 0 Å². The van der Waals surface area contributed by atoms with Crippen LogP contribution >= 0.6 is 0 Å². The summed E-state index contributed by atoms with van der Waals surface area (Å²) in [4.78, 5) is 31.3. The Morgan fingerprint density at radius 2 is 1.80 bits per heavy atom. The minimum Gasteiger partial charge on any atom is -0.372 e. The number of anilines is 1. The highest BCUT2D eigenvalue weighted by atomic mass is 16.2. The fourth-order valence-corrected chi connectivity index (χ4v) is 3.12. The summed E-state index contributed by atoms with van der Waals surface area (Å²) in [6.45, 7) is 2.04. The zero-order chi connectivity index (χ0) is 17.8. The van der Waals surface area contributed by atoms with Crippen LogP contribution in [0.5, 0.6) is 0 Å². The largest absolute Gasteiger partial charge is 0.372 e. The van der Waals surface area contributed by atoms with Crippen LogP contribution in [-0.4, -0.2) is 34.2 Å². The molecule has 0 amide bonds. The molecule has 3 rings (SSSR count). The quantitative estimate of drug-likeness (QED) is 0.619. The Labute approximate surface area is 146 Å². The van der Waals surface area contributed by atoms with E-state index >= 15 is 0 Å². The van der Waals surface area contributed by atoms with Gasteiger partial charge in [0.25, 0.3) is 0 Å². The van der Waals surface area contributed by atoms with E-state index in [1.807, 2.05) is 18.2 Å². The average molecular weight is 336 g/mol. The maximum Gasteiger partial charge on any atom is 0.223 e. The van der Waals surface area contributed by atoms with Gasteiger partial charge in [0.05, 0.1) is 6.07 Å². The number of nitrogens with zero attached hydrogens (tertiary/aromatic N) is 4. The van der Waals surface area contributed by atoms with Gasteiger partial charge in [-0.3, -0.25) is 9.59 Å². The fourth-order valence-electron chi connectivity index (χ4n) is 3.12. The number of hydrogen-bond donors (Lipinski definition) is 0. The van der Waals surface area contributed by atoms with Crippen molar-refractivity contribution in [1.82, 2.24) is 9.55 Å². The molecule has 2 heterocycles. The summed E-state index contributed by atoms with van der Waals surface area (Å²) in [6.07, 6.45) is 6.69. The van der Waals surface area contributed by atoms with Crippen LogP contribution < -0.4 is 4.90 Å². The molecule has 2 aromatic rings. The summed E-state index contributed by atoms with van der Waals surface area (Å²) in [5, 5.41) is 9.34. The van der Waals surface area contributed by atoms with Crippen LogP contribution in [-0.2, 0) is 7.05 Å². The maximum atomic E-state index is 12.6. The fraction of sp³-hybridized carbons (Fsp3) is 0.368. The number of carbonyl (C=O) groups is 2. The summed E-state index contributed by atoms with van der Waals surface area (Å²) >= 11 is 0. The number of ketones is 2. The van der Waals surface area contributed by atoms with Crippen molar-refractivity contribution in [1.29, 1.82) is 5.26 Å². The second-order valence-electron chi connectivity index (χ2n) is 6.25. The van der Waals surface area contributed by atoms with E-state index < -0.39 is 17.5 Å². The normalized spacial score (nSPS) is 15.4. The Hall–Kier alpha value is -2.94. The maximum absolute atomic E-state index is 12.6. The number of nitriles is 1. The molecule has 1 saturated heterocycles. The standard InChI is InChI=1S/C19H20N4O2/c1-22-12-9-21-19(22)18(25)16(13-20)17(24)14-5-7-15(8-6-14)23-10-3-2-4-11-23/h5-9,12,16H,2-4,10-11H2,1H3/t16-/m0/s1. The third kappa shape index (κ3) is 3.45. The van der Waals surface area contributed by atoms with E-state index in [2.05, 4.69) is 9.88 Å². The van der Waals surface area contributed by atoms with Crippen molar-refractivity contribution in [3.05, 3.63) is 48.0 Å². The summed E-state index contributed by atoms with van der Waals surface area (Å²) in [6, 6.07) is 9.00. The van der Waals surface area contributed by atoms with Crippen molar-refractivity contribution >= 4 is 17.3 Å². The third-order valence-corrected chi connectivity index (χ3v) is 4.57. The minimum atomic E-state index is -1.37. The molecule has 0 N–H and O–H groups in total. The highest BCUT2D eigenvalue weighted by Gasteiger charge is 2.30. The van der Waals surface area contributed by atoms with Crippen molar-refractivity contribution in [2.45, 2.75) is 19.3 Å². The third-order valence-electron chi connectivity index (χ3n) is 4.57. The van der Waals surface area contributed by atoms with Gasteiger partial charge >= 0.3 is 0 Å². The summed E-state index contributed by atoms with van der Waals surface area (Å²) in [7, 11) is 1.66. The molecule has 1 fully saturated rings. The number of piperidine rings is 1. The van der Waals surface area contributed by atoms with Gasteiger partial charge in [-0.2, -0.15) is 5.26 Å². The Morgan fingerprint density at radius 3 is 2.36 bits per heavy atom. The minimum absolute atomic E-state index is 0.116. The van der Waals surface area contributed by atoms with Gasteiger partial charge in [-0.15, -0.1) is 0 Å². The monoisotopic (exact) mass is 336 g/mol. The molecular weight excluding hydrogens is 316 g/mol. The number of rotatable bonds is 5. The highest BCUT2D eigenvalue weighted by molar-refractivity contribution is 6.17. The van der Waals surface area contributed by atoms with Crippen LogP contribution in [0.15, 0.2) is 36.7 Å². The van der Waals surface area contributed by atoms with Gasteiger partial charge in [-0.05, 0) is 43.5 Å². The first-order valence-corrected chi connectivity index (χ1v) is 8.42. The van der Waals surface area contributed by atoms with E-state index in [0.717, 1.165) is 18.8 Å². The molecule has 1 atom stereocenters. The first kappa shape index (κ1) is 16.9. The molecule has 0 spiro atoms. The molecular formula is C19H20N4O2. The summed E-state index contributed by atoms with van der Waals surface area (Å²) < 4.78 is 1.51. The van der Waals surface area contributed by atoms with Crippen molar-refractivity contribution in [3.63, 3.8) is 0 Å². The Kier molecular flexibility index (Phi) is 4.94. The molecule has 1 aliphatic heterocycles. The van der Waals surface area contributed by atoms with Crippen LogP contribution in [0, 0.1) is 17.2 Å². The molecule has 0 bridgehead atoms. The van der Waals surface area contributed by atoms with E-state index in [1.54, 1.807) is 25.4 Å². The number of aryl methyl sites for hydroxylation is 1. The zero-order valence-corrected chi connectivity index (χ0v) is 14.2. The van der Waals surface area contributed by atoms with Gasteiger partial charge in [0.2, 0.25) is 5.78 Å². The molecule has 25 heavy (non-hydrogen) atoms. The van der Waals surface area contributed by atoms with E-state index in [4.69, 9.17) is 0 Å². The van der Waals surface area contributed by atoms with Crippen molar-refractivity contribution in [2.24, 2.45) is 13.0 Å². The van der Waals surface area contributed by atoms with Gasteiger partial charge in [-0.1, -0.05) is 0 Å². The van der Waals surface area contributed by atoms with E-state index in [0.29, 0.717) is 5.56 Å². The lowest BCUT2D eigenvalue weighted by Gasteiger charge is -2.28. The number of benzene rings is 1. The number of hydrogen-bond acceptors (Lipinski definition) is 5. The number of aromatic nitrogens is 2. The molecule has 0 radical (unpaired) electrons. The first-order chi connectivity index (χ1) is 12.1.